The monoisotopic (exact) mass is 268 g/mol. The maximum Gasteiger partial charge on any atom is 0.166 e. The summed E-state index contributed by atoms with van der Waals surface area (Å²) in [5.74, 6) is 0. The average Bonchev–Trinajstić information content (AvgIpc) is 2.95. The summed E-state index contributed by atoms with van der Waals surface area (Å²) in [6.07, 6.45) is 2.24. The molecule has 2 aromatic carbocycles. The van der Waals surface area contributed by atoms with Gasteiger partial charge in [-0.2, -0.15) is 0 Å². The van der Waals surface area contributed by atoms with E-state index in [-0.39, 0.29) is 6.04 Å². The maximum atomic E-state index is 11.6. The fourth-order valence-electron chi connectivity index (χ4n) is 3.52. The second-order valence-electron chi connectivity index (χ2n) is 5.79. The zero-order valence-corrected chi connectivity index (χ0v) is 11.9. The molecule has 1 unspecified atom stereocenters. The molecule has 2 N–H and O–H groups in total. The highest BCUT2D eigenvalue weighted by Gasteiger charge is 2.47. The van der Waals surface area contributed by atoms with Gasteiger partial charge in [-0.15, -0.1) is 0 Å². The summed E-state index contributed by atoms with van der Waals surface area (Å²) in [5.41, 5.74) is 1.10. The van der Waals surface area contributed by atoms with E-state index < -0.39 is 5.60 Å². The highest BCUT2D eigenvalue weighted by Crippen LogP contribution is 2.34. The molecule has 104 valence electrons. The third-order valence-electron chi connectivity index (χ3n) is 4.59. The molecule has 0 aromatic heterocycles. The topological polar surface area (TPSA) is 24.7 Å². The maximum absolute atomic E-state index is 11.6. The van der Waals surface area contributed by atoms with Crippen molar-refractivity contribution in [1.29, 1.82) is 0 Å². The van der Waals surface area contributed by atoms with Gasteiger partial charge in [0.05, 0.1) is 13.6 Å². The second-order valence-corrected chi connectivity index (χ2v) is 5.79. The van der Waals surface area contributed by atoms with Crippen molar-refractivity contribution in [2.24, 2.45) is 0 Å². The molecule has 2 atom stereocenters. The van der Waals surface area contributed by atoms with Crippen molar-refractivity contribution < 1.29 is 10.0 Å². The minimum absolute atomic E-state index is 0.215. The number of nitrogens with one attached hydrogen (secondary N) is 1. The lowest BCUT2D eigenvalue weighted by Crippen LogP contribution is -3.12. The standard InChI is InChI=1S/C18H21NO/c1-19-14-8-13-17(19)18(20,15-9-4-2-5-10-15)16-11-6-3-7-12-16/h2-7,9-12,17,20H,8,13-14H2,1H3/p+1/t17-/m1/s1. The van der Waals surface area contributed by atoms with E-state index in [2.05, 4.69) is 7.05 Å². The Kier molecular flexibility index (Phi) is 3.60. The summed E-state index contributed by atoms with van der Waals surface area (Å²) in [6, 6.07) is 20.4. The number of likely N-dealkylation sites (tertiary alicyclic amines) is 1. The highest BCUT2D eigenvalue weighted by molar-refractivity contribution is 5.37. The van der Waals surface area contributed by atoms with Crippen molar-refractivity contribution in [3.05, 3.63) is 71.8 Å². The second kappa shape index (κ2) is 5.39. The largest absolute Gasteiger partial charge is 0.374 e. The fourth-order valence-corrected chi connectivity index (χ4v) is 3.52. The zero-order valence-electron chi connectivity index (χ0n) is 11.9. The normalized spacial score (nSPS) is 22.9. The lowest BCUT2D eigenvalue weighted by Gasteiger charge is -2.36. The van der Waals surface area contributed by atoms with Crippen molar-refractivity contribution in [2.45, 2.75) is 24.5 Å². The van der Waals surface area contributed by atoms with Crippen molar-refractivity contribution in [3.8, 4) is 0 Å². The molecule has 1 aliphatic heterocycles. The molecule has 3 rings (SSSR count). The van der Waals surface area contributed by atoms with Crippen LogP contribution in [0.4, 0.5) is 0 Å². The van der Waals surface area contributed by atoms with Crippen molar-refractivity contribution in [2.75, 3.05) is 13.6 Å². The van der Waals surface area contributed by atoms with Gasteiger partial charge in [-0.25, -0.2) is 0 Å². The molecule has 20 heavy (non-hydrogen) atoms. The van der Waals surface area contributed by atoms with Gasteiger partial charge in [-0.3, -0.25) is 0 Å². The van der Waals surface area contributed by atoms with Gasteiger partial charge < -0.3 is 10.0 Å². The number of aliphatic hydroxyl groups is 1. The van der Waals surface area contributed by atoms with Gasteiger partial charge in [0.1, 0.15) is 6.04 Å². The van der Waals surface area contributed by atoms with Gasteiger partial charge in [0.15, 0.2) is 5.60 Å². The Morgan fingerprint density at radius 2 is 1.45 bits per heavy atom. The predicted octanol–water partition coefficient (Wildman–Crippen LogP) is 1.60. The van der Waals surface area contributed by atoms with Crippen LogP contribution in [0.3, 0.4) is 0 Å². The van der Waals surface area contributed by atoms with Crippen LogP contribution in [-0.2, 0) is 5.60 Å². The zero-order chi connectivity index (χ0) is 14.0. The summed E-state index contributed by atoms with van der Waals surface area (Å²) in [6.45, 7) is 1.13. The van der Waals surface area contributed by atoms with Crippen LogP contribution >= 0.6 is 0 Å². The Labute approximate surface area is 120 Å². The smallest absolute Gasteiger partial charge is 0.166 e. The van der Waals surface area contributed by atoms with E-state index in [0.717, 1.165) is 24.1 Å². The Morgan fingerprint density at radius 3 is 1.85 bits per heavy atom. The first kappa shape index (κ1) is 13.3. The van der Waals surface area contributed by atoms with Crippen LogP contribution in [-0.4, -0.2) is 24.7 Å². The molecule has 0 aliphatic carbocycles. The summed E-state index contributed by atoms with van der Waals surface area (Å²) in [7, 11) is 2.19. The molecule has 1 aliphatic rings. The lowest BCUT2D eigenvalue weighted by molar-refractivity contribution is -0.900. The van der Waals surface area contributed by atoms with Crippen molar-refractivity contribution in [1.82, 2.24) is 0 Å². The SMILES string of the molecule is C[NH+]1CCC[C@@H]1C(O)(c1ccccc1)c1ccccc1. The molecule has 1 saturated heterocycles. The number of rotatable bonds is 3. The highest BCUT2D eigenvalue weighted by atomic mass is 16.3. The van der Waals surface area contributed by atoms with Gasteiger partial charge in [0, 0.05) is 12.8 Å². The minimum Gasteiger partial charge on any atom is -0.374 e. The lowest BCUT2D eigenvalue weighted by atomic mass is 9.79. The van der Waals surface area contributed by atoms with Gasteiger partial charge >= 0.3 is 0 Å². The first-order valence-electron chi connectivity index (χ1n) is 7.38. The summed E-state index contributed by atoms with van der Waals surface area (Å²) in [4.78, 5) is 1.42. The summed E-state index contributed by atoms with van der Waals surface area (Å²) in [5, 5.41) is 11.6. The average molecular weight is 268 g/mol. The number of likely N-dealkylation sites (N-methyl/N-ethyl adjacent to an activating group) is 1. The third-order valence-corrected chi connectivity index (χ3v) is 4.59. The van der Waals surface area contributed by atoms with Gasteiger partial charge in [-0.1, -0.05) is 60.7 Å². The molecule has 2 nitrogen and oxygen atoms in total. The van der Waals surface area contributed by atoms with Crippen LogP contribution in [0.5, 0.6) is 0 Å². The Bertz CT molecular complexity index is 513. The van der Waals surface area contributed by atoms with Crippen LogP contribution in [0.15, 0.2) is 60.7 Å². The molecule has 1 fully saturated rings. The van der Waals surface area contributed by atoms with Gasteiger partial charge in [0.2, 0.25) is 0 Å². The van der Waals surface area contributed by atoms with Crippen LogP contribution in [0.1, 0.15) is 24.0 Å². The van der Waals surface area contributed by atoms with E-state index in [1.165, 1.54) is 11.3 Å². The van der Waals surface area contributed by atoms with Crippen LogP contribution in [0, 0.1) is 0 Å². The molecule has 0 saturated carbocycles. The Hall–Kier alpha value is -1.64. The van der Waals surface area contributed by atoms with Gasteiger partial charge in [-0.05, 0) is 11.1 Å². The molecule has 0 amide bonds. The molecular formula is C18H22NO+. The number of benzene rings is 2. The number of hydrogen-bond donors (Lipinski definition) is 2. The van der Waals surface area contributed by atoms with E-state index in [1.807, 2.05) is 60.7 Å². The van der Waals surface area contributed by atoms with Crippen LogP contribution < -0.4 is 4.90 Å². The van der Waals surface area contributed by atoms with Crippen molar-refractivity contribution in [3.63, 3.8) is 0 Å². The third kappa shape index (κ3) is 2.15. The molecular weight excluding hydrogens is 246 g/mol. The summed E-state index contributed by atoms with van der Waals surface area (Å²) >= 11 is 0. The Morgan fingerprint density at radius 1 is 0.950 bits per heavy atom. The quantitative estimate of drug-likeness (QED) is 0.868. The first-order chi connectivity index (χ1) is 9.73. The van der Waals surface area contributed by atoms with E-state index in [1.54, 1.807) is 0 Å². The van der Waals surface area contributed by atoms with Crippen molar-refractivity contribution >= 4 is 0 Å². The molecule has 0 radical (unpaired) electrons. The number of quaternary nitrogens is 1. The van der Waals surface area contributed by atoms with Gasteiger partial charge in [0.25, 0.3) is 0 Å². The minimum atomic E-state index is -0.900. The van der Waals surface area contributed by atoms with Crippen LogP contribution in [0.25, 0.3) is 0 Å². The predicted molar refractivity (Wildman–Crippen MR) is 80.7 cm³/mol. The molecule has 2 aromatic rings. The van der Waals surface area contributed by atoms with Crippen LogP contribution in [0.2, 0.25) is 0 Å². The summed E-state index contributed by atoms with van der Waals surface area (Å²) < 4.78 is 0. The van der Waals surface area contributed by atoms with E-state index in [0.29, 0.717) is 0 Å². The molecule has 0 bridgehead atoms. The molecule has 1 heterocycles. The fraction of sp³-hybridized carbons (Fsp3) is 0.333. The number of hydrogen-bond acceptors (Lipinski definition) is 1. The van der Waals surface area contributed by atoms with E-state index >= 15 is 0 Å². The van der Waals surface area contributed by atoms with E-state index in [9.17, 15) is 5.11 Å². The Balaban J connectivity index is 2.13. The van der Waals surface area contributed by atoms with E-state index in [4.69, 9.17) is 0 Å². The molecule has 0 spiro atoms. The molecule has 2 heteroatoms. The first-order valence-corrected chi connectivity index (χ1v) is 7.38.